The summed E-state index contributed by atoms with van der Waals surface area (Å²) < 4.78 is 25.4. The standard InChI is InChI=1S/2C54H30O2/c1-3-23-46-41(14-1)53-36(21-9-25-48(53)55-46)34-16-7-19-38-43(34)30-44-35(37-22-10-26-49-54(37)42-15-2-4-24-47(42)56-49)17-8-20-39(44)52(38)45-29-33-13-5-11-31-27-28-32-12-6-18-40(45)51(32)50(31)33;1-3-19-48-38(12-1)45-27-33(23-25-50(45)55-48)36-14-7-17-40-43(36)30-44-37(34-24-26-51-46(28-34)39-13-2-4-20-49(39)56-51)15-8-18-41(44)54(40)47-29-35-11-5-9-31-21-22-32-10-6-16-42(47)53(32)52(31)35/h2*1-30H. The van der Waals surface area contributed by atoms with E-state index in [0.29, 0.717) is 0 Å². The Kier molecular flexibility index (Phi) is 12.8. The smallest absolute Gasteiger partial charge is 0.136 e. The number of furan rings is 4. The van der Waals surface area contributed by atoms with E-state index in [0.717, 1.165) is 87.8 Å². The second-order valence-corrected chi connectivity index (χ2v) is 30.2. The normalized spacial score (nSPS) is 12.3. The summed E-state index contributed by atoms with van der Waals surface area (Å²) in [5.74, 6) is 0. The molecule has 0 spiro atoms. The van der Waals surface area contributed by atoms with Crippen LogP contribution < -0.4 is 0 Å². The number of fused-ring (bicyclic) bond motifs is 16. The minimum Gasteiger partial charge on any atom is -0.456 e. The summed E-state index contributed by atoms with van der Waals surface area (Å²) in [4.78, 5) is 0. The van der Waals surface area contributed by atoms with Crippen LogP contribution in [-0.2, 0) is 0 Å². The Morgan fingerprint density at radius 2 is 0.411 bits per heavy atom. The van der Waals surface area contributed by atoms with Gasteiger partial charge >= 0.3 is 0 Å². The van der Waals surface area contributed by atoms with E-state index >= 15 is 0 Å². The summed E-state index contributed by atoms with van der Waals surface area (Å²) in [6.45, 7) is 0. The molecular formula is C108H60O4. The molecule has 0 unspecified atom stereocenters. The van der Waals surface area contributed by atoms with Crippen molar-refractivity contribution in [1.29, 1.82) is 0 Å². The summed E-state index contributed by atoms with van der Waals surface area (Å²) in [6.07, 6.45) is 0. The highest BCUT2D eigenvalue weighted by atomic mass is 16.3. The fourth-order valence-corrected chi connectivity index (χ4v) is 19.6. The van der Waals surface area contributed by atoms with Crippen LogP contribution in [0.5, 0.6) is 0 Å². The maximum Gasteiger partial charge on any atom is 0.136 e. The molecule has 4 heterocycles. The zero-order chi connectivity index (χ0) is 73.0. The third kappa shape index (κ3) is 8.83. The van der Waals surface area contributed by atoms with Crippen LogP contribution in [0, 0.1) is 0 Å². The molecule has 0 fully saturated rings. The van der Waals surface area contributed by atoms with E-state index in [1.807, 2.05) is 36.4 Å². The maximum atomic E-state index is 6.44. The third-order valence-corrected chi connectivity index (χ3v) is 24.4. The molecule has 0 saturated carbocycles. The number of hydrogen-bond acceptors (Lipinski definition) is 4. The molecule has 0 aliphatic rings. The Balaban J connectivity index is 0.000000127. The van der Waals surface area contributed by atoms with E-state index in [1.165, 1.54) is 174 Å². The summed E-state index contributed by atoms with van der Waals surface area (Å²) in [7, 11) is 0. The van der Waals surface area contributed by atoms with Crippen molar-refractivity contribution in [2.45, 2.75) is 0 Å². The van der Waals surface area contributed by atoms with Gasteiger partial charge in [0, 0.05) is 43.1 Å². The molecule has 0 N–H and O–H groups in total. The van der Waals surface area contributed by atoms with Gasteiger partial charge in [0.25, 0.3) is 0 Å². The minimum atomic E-state index is 0.896. The van der Waals surface area contributed by atoms with Gasteiger partial charge in [-0.1, -0.05) is 279 Å². The van der Waals surface area contributed by atoms with Gasteiger partial charge in [-0.2, -0.15) is 0 Å². The number of benzene rings is 22. The van der Waals surface area contributed by atoms with Crippen LogP contribution in [0.1, 0.15) is 0 Å². The molecule has 4 nitrogen and oxygen atoms in total. The van der Waals surface area contributed by atoms with Gasteiger partial charge in [0.15, 0.2) is 0 Å². The minimum absolute atomic E-state index is 0.896. The highest BCUT2D eigenvalue weighted by Crippen LogP contribution is 2.53. The van der Waals surface area contributed by atoms with Gasteiger partial charge in [0.05, 0.1) is 0 Å². The van der Waals surface area contributed by atoms with Gasteiger partial charge in [0.1, 0.15) is 44.7 Å². The Morgan fingerprint density at radius 1 is 0.125 bits per heavy atom. The lowest BCUT2D eigenvalue weighted by Crippen LogP contribution is -1.93. The Hall–Kier alpha value is -14.8. The van der Waals surface area contributed by atoms with Crippen molar-refractivity contribution < 1.29 is 17.7 Å². The van der Waals surface area contributed by atoms with Crippen molar-refractivity contribution in [3.8, 4) is 66.8 Å². The maximum absolute atomic E-state index is 6.44. The first-order valence-electron chi connectivity index (χ1n) is 38.5. The predicted molar refractivity (Wildman–Crippen MR) is 472 cm³/mol. The largest absolute Gasteiger partial charge is 0.456 e. The van der Waals surface area contributed by atoms with Crippen molar-refractivity contribution in [2.24, 2.45) is 0 Å². The van der Waals surface area contributed by atoms with Crippen molar-refractivity contribution in [2.75, 3.05) is 0 Å². The molecule has 0 saturated heterocycles. The number of rotatable bonds is 6. The Labute approximate surface area is 639 Å². The molecule has 26 rings (SSSR count). The molecule has 516 valence electrons. The first-order chi connectivity index (χ1) is 55.5. The summed E-state index contributed by atoms with van der Waals surface area (Å²) >= 11 is 0. The molecule has 0 aliphatic carbocycles. The zero-order valence-electron chi connectivity index (χ0n) is 60.3. The molecule has 0 atom stereocenters. The molecule has 0 radical (unpaired) electrons. The van der Waals surface area contributed by atoms with Gasteiger partial charge in [-0.3, -0.25) is 0 Å². The van der Waals surface area contributed by atoms with Crippen LogP contribution in [0.2, 0.25) is 0 Å². The van der Waals surface area contributed by atoms with Crippen LogP contribution in [-0.4, -0.2) is 0 Å². The van der Waals surface area contributed by atoms with Crippen molar-refractivity contribution in [3.05, 3.63) is 364 Å². The van der Waals surface area contributed by atoms with Crippen LogP contribution in [0.4, 0.5) is 0 Å². The van der Waals surface area contributed by atoms with E-state index in [9.17, 15) is 0 Å². The fraction of sp³-hybridized carbons (Fsp3) is 0. The molecule has 22 aromatic carbocycles. The van der Waals surface area contributed by atoms with Crippen LogP contribution in [0.15, 0.2) is 382 Å². The summed E-state index contributed by atoms with van der Waals surface area (Å²) in [5.41, 5.74) is 21.6. The molecule has 0 amide bonds. The van der Waals surface area contributed by atoms with E-state index in [2.05, 4.69) is 328 Å². The van der Waals surface area contributed by atoms with Gasteiger partial charge in [0.2, 0.25) is 0 Å². The molecular weight excluding hydrogens is 1360 g/mol. The van der Waals surface area contributed by atoms with Crippen molar-refractivity contribution >= 4 is 195 Å². The first-order valence-corrected chi connectivity index (χ1v) is 38.5. The fourth-order valence-electron chi connectivity index (χ4n) is 19.6. The third-order valence-electron chi connectivity index (χ3n) is 24.4. The molecule has 112 heavy (non-hydrogen) atoms. The lowest BCUT2D eigenvalue weighted by molar-refractivity contribution is 0.668. The second kappa shape index (κ2) is 23.3. The summed E-state index contributed by atoms with van der Waals surface area (Å²) in [6, 6.07) is 133. The molecule has 0 aliphatic heterocycles. The quantitative estimate of drug-likeness (QED) is 0.123. The lowest BCUT2D eigenvalue weighted by atomic mass is 9.82. The average Bonchev–Trinajstić information content (AvgIpc) is 0.938. The van der Waals surface area contributed by atoms with Crippen LogP contribution in [0.25, 0.3) is 262 Å². The van der Waals surface area contributed by atoms with Gasteiger partial charge < -0.3 is 17.7 Å². The van der Waals surface area contributed by atoms with E-state index < -0.39 is 0 Å². The topological polar surface area (TPSA) is 52.6 Å². The highest BCUT2D eigenvalue weighted by Gasteiger charge is 2.26. The SMILES string of the molecule is c1cc2ccc3cccc4c(-c5c6cccc(-c7ccc8oc9ccccc9c8c7)c6cc6c(-c7ccc8oc9ccccc9c8c7)cccc56)cc(c1)c2c34.c1cc2ccc3cccc4c(-c5c6cccc(-c7cccc8oc9ccccc9c78)c6cc6c(-c7cccc8oc9ccccc9c78)cccc56)cc(c1)c2c34. The molecule has 26 aromatic rings. The highest BCUT2D eigenvalue weighted by molar-refractivity contribution is 6.33. The first kappa shape index (κ1) is 61.2. The van der Waals surface area contributed by atoms with Crippen LogP contribution >= 0.6 is 0 Å². The molecule has 4 heteroatoms. The van der Waals surface area contributed by atoms with Crippen molar-refractivity contribution in [1.82, 2.24) is 0 Å². The zero-order valence-corrected chi connectivity index (χ0v) is 60.3. The Bertz CT molecular complexity index is 8180. The second-order valence-electron chi connectivity index (χ2n) is 30.2. The van der Waals surface area contributed by atoms with Gasteiger partial charge in [-0.25, -0.2) is 0 Å². The molecule has 4 aromatic heterocycles. The molecule has 0 bridgehead atoms. The Morgan fingerprint density at radius 3 is 0.839 bits per heavy atom. The monoisotopic (exact) mass is 1420 g/mol. The predicted octanol–water partition coefficient (Wildman–Crippen LogP) is 31.4. The average molecular weight is 1420 g/mol. The lowest BCUT2D eigenvalue weighted by Gasteiger charge is -2.20. The number of hydrogen-bond donors (Lipinski definition) is 0. The van der Waals surface area contributed by atoms with E-state index in [4.69, 9.17) is 17.7 Å². The van der Waals surface area contributed by atoms with E-state index in [1.54, 1.807) is 0 Å². The summed E-state index contributed by atoms with van der Waals surface area (Å²) in [5, 5.41) is 34.2. The van der Waals surface area contributed by atoms with Gasteiger partial charge in [-0.15, -0.1) is 0 Å². The van der Waals surface area contributed by atoms with Crippen LogP contribution in [0.3, 0.4) is 0 Å². The number of para-hydroxylation sites is 4. The van der Waals surface area contributed by atoms with Gasteiger partial charge in [-0.05, 0) is 259 Å². The van der Waals surface area contributed by atoms with E-state index in [-0.39, 0.29) is 0 Å². The van der Waals surface area contributed by atoms with Crippen molar-refractivity contribution in [3.63, 3.8) is 0 Å².